The van der Waals surface area contributed by atoms with E-state index in [-0.39, 0.29) is 5.91 Å². The third-order valence-corrected chi connectivity index (χ3v) is 4.26. The molecule has 0 radical (unpaired) electrons. The summed E-state index contributed by atoms with van der Waals surface area (Å²) in [6, 6.07) is 1.67. The second-order valence-corrected chi connectivity index (χ2v) is 6.00. The molecule has 1 unspecified atom stereocenters. The van der Waals surface area contributed by atoms with Gasteiger partial charge >= 0.3 is 0 Å². The molecule has 0 spiro atoms. The van der Waals surface area contributed by atoms with Crippen LogP contribution in [0.25, 0.3) is 0 Å². The highest BCUT2D eigenvalue weighted by atomic mass is 35.5. The van der Waals surface area contributed by atoms with Crippen molar-refractivity contribution in [2.45, 2.75) is 13.3 Å². The highest BCUT2D eigenvalue weighted by Gasteiger charge is 2.40. The highest BCUT2D eigenvalue weighted by Crippen LogP contribution is 2.37. The van der Waals surface area contributed by atoms with Gasteiger partial charge < -0.3 is 15.5 Å². The highest BCUT2D eigenvalue weighted by molar-refractivity contribution is 6.37. The first-order valence-electron chi connectivity index (χ1n) is 6.42. The van der Waals surface area contributed by atoms with Crippen LogP contribution in [0.4, 0.5) is 11.6 Å². The molecule has 1 fully saturated rings. The summed E-state index contributed by atoms with van der Waals surface area (Å²) >= 11 is 12.3. The Morgan fingerprint density at radius 2 is 2.10 bits per heavy atom. The van der Waals surface area contributed by atoms with E-state index < -0.39 is 5.41 Å². The average Bonchev–Trinajstić information content (AvgIpc) is 2.81. The third kappa shape index (κ3) is 2.65. The third-order valence-electron chi connectivity index (χ3n) is 3.70. The molecule has 1 amide bonds. The fourth-order valence-electron chi connectivity index (χ4n) is 2.48. The van der Waals surface area contributed by atoms with Crippen molar-refractivity contribution in [3.63, 3.8) is 0 Å². The molecule has 1 aromatic rings. The van der Waals surface area contributed by atoms with Crippen LogP contribution in [0.1, 0.15) is 13.3 Å². The molecule has 2 N–H and O–H groups in total. The van der Waals surface area contributed by atoms with Crippen molar-refractivity contribution < 1.29 is 4.79 Å². The van der Waals surface area contributed by atoms with Crippen LogP contribution < -0.4 is 15.5 Å². The number of aromatic nitrogens is 1. The van der Waals surface area contributed by atoms with Crippen LogP contribution in [0, 0.1) is 5.41 Å². The quantitative estimate of drug-likeness (QED) is 0.899. The van der Waals surface area contributed by atoms with Gasteiger partial charge in [-0.15, -0.1) is 0 Å². The standard InChI is InChI=1S/C13H18Cl2N4O/c1-13(12(20)17-3)4-5-19(7-13)11-9(15)6-8(14)10(16-2)18-11/h6H,4-5,7H2,1-3H3,(H,16,18)(H,17,20). The fraction of sp³-hybridized carbons (Fsp3) is 0.538. The van der Waals surface area contributed by atoms with Gasteiger partial charge in [0.05, 0.1) is 15.5 Å². The monoisotopic (exact) mass is 316 g/mol. The van der Waals surface area contributed by atoms with Gasteiger partial charge in [-0.05, 0) is 19.4 Å². The first-order chi connectivity index (χ1) is 9.41. The van der Waals surface area contributed by atoms with Crippen molar-refractivity contribution in [2.75, 3.05) is 37.4 Å². The molecule has 20 heavy (non-hydrogen) atoms. The summed E-state index contributed by atoms with van der Waals surface area (Å²) in [4.78, 5) is 18.4. The molecular formula is C13H18Cl2N4O. The Bertz CT molecular complexity index is 537. The van der Waals surface area contributed by atoms with Gasteiger partial charge in [0, 0.05) is 27.2 Å². The maximum atomic E-state index is 12.0. The van der Waals surface area contributed by atoms with Gasteiger partial charge in [0.2, 0.25) is 5.91 Å². The predicted molar refractivity (Wildman–Crippen MR) is 82.8 cm³/mol. The van der Waals surface area contributed by atoms with Gasteiger partial charge in [-0.3, -0.25) is 4.79 Å². The number of halogens is 2. The summed E-state index contributed by atoms with van der Waals surface area (Å²) in [7, 11) is 3.41. The van der Waals surface area contributed by atoms with E-state index in [4.69, 9.17) is 23.2 Å². The van der Waals surface area contributed by atoms with Crippen LogP contribution in [0.3, 0.4) is 0 Å². The Balaban J connectivity index is 2.28. The molecule has 1 aliphatic heterocycles. The number of nitrogens with one attached hydrogen (secondary N) is 2. The van der Waals surface area contributed by atoms with Gasteiger partial charge in [-0.2, -0.15) is 0 Å². The molecule has 0 aromatic carbocycles. The van der Waals surface area contributed by atoms with Crippen LogP contribution in [0.15, 0.2) is 6.07 Å². The molecule has 0 saturated carbocycles. The van der Waals surface area contributed by atoms with Crippen LogP contribution >= 0.6 is 23.2 Å². The van der Waals surface area contributed by atoms with E-state index in [2.05, 4.69) is 15.6 Å². The Morgan fingerprint density at radius 3 is 2.70 bits per heavy atom. The summed E-state index contributed by atoms with van der Waals surface area (Å²) in [6.45, 7) is 3.28. The normalized spacial score (nSPS) is 21.9. The van der Waals surface area contributed by atoms with Crippen LogP contribution in [0.5, 0.6) is 0 Å². The Hall–Kier alpha value is -1.20. The number of anilines is 2. The summed E-state index contributed by atoms with van der Waals surface area (Å²) in [5.41, 5.74) is -0.417. The van der Waals surface area contributed by atoms with E-state index in [0.717, 1.165) is 13.0 Å². The van der Waals surface area contributed by atoms with Crippen molar-refractivity contribution in [3.8, 4) is 0 Å². The maximum absolute atomic E-state index is 12.0. The molecule has 7 heteroatoms. The fourth-order valence-corrected chi connectivity index (χ4v) is 3.06. The van der Waals surface area contributed by atoms with Crippen molar-refractivity contribution in [2.24, 2.45) is 5.41 Å². The number of carbonyl (C=O) groups is 1. The van der Waals surface area contributed by atoms with E-state index in [1.165, 1.54) is 0 Å². The summed E-state index contributed by atoms with van der Waals surface area (Å²) < 4.78 is 0. The molecule has 5 nitrogen and oxygen atoms in total. The lowest BCUT2D eigenvalue weighted by atomic mass is 9.89. The minimum atomic E-state index is -0.417. The van der Waals surface area contributed by atoms with Gasteiger partial charge in [0.1, 0.15) is 11.6 Å². The van der Waals surface area contributed by atoms with E-state index in [9.17, 15) is 4.79 Å². The van der Waals surface area contributed by atoms with E-state index in [0.29, 0.717) is 28.2 Å². The van der Waals surface area contributed by atoms with E-state index >= 15 is 0 Å². The molecule has 1 atom stereocenters. The molecule has 1 aromatic heterocycles. The van der Waals surface area contributed by atoms with Crippen molar-refractivity contribution in [1.82, 2.24) is 10.3 Å². The molecule has 110 valence electrons. The first-order valence-corrected chi connectivity index (χ1v) is 7.18. The summed E-state index contributed by atoms with van der Waals surface area (Å²) in [5.74, 6) is 1.28. The Labute approximate surface area is 128 Å². The largest absolute Gasteiger partial charge is 0.372 e. The number of amides is 1. The minimum absolute atomic E-state index is 0.0407. The van der Waals surface area contributed by atoms with E-state index in [1.54, 1.807) is 20.2 Å². The Kier molecular flexibility index (Phi) is 4.30. The van der Waals surface area contributed by atoms with Crippen molar-refractivity contribution in [1.29, 1.82) is 0 Å². The van der Waals surface area contributed by atoms with Gasteiger partial charge in [-0.25, -0.2) is 4.98 Å². The van der Waals surface area contributed by atoms with E-state index in [1.807, 2.05) is 11.8 Å². The Morgan fingerprint density at radius 1 is 1.40 bits per heavy atom. The average molecular weight is 317 g/mol. The summed E-state index contributed by atoms with van der Waals surface area (Å²) in [6.07, 6.45) is 0.766. The summed E-state index contributed by atoms with van der Waals surface area (Å²) in [5, 5.41) is 6.62. The smallest absolute Gasteiger partial charge is 0.227 e. The number of nitrogens with zero attached hydrogens (tertiary/aromatic N) is 2. The van der Waals surface area contributed by atoms with Gasteiger partial charge in [-0.1, -0.05) is 23.2 Å². The number of hydrogen-bond acceptors (Lipinski definition) is 4. The molecule has 2 rings (SSSR count). The SMILES string of the molecule is CNC(=O)C1(C)CCN(c2nc(NC)c(Cl)cc2Cl)C1. The zero-order chi connectivity index (χ0) is 14.9. The van der Waals surface area contributed by atoms with Crippen LogP contribution in [0.2, 0.25) is 10.0 Å². The number of hydrogen-bond donors (Lipinski definition) is 2. The molecule has 1 saturated heterocycles. The second kappa shape index (κ2) is 5.66. The molecule has 0 aliphatic carbocycles. The van der Waals surface area contributed by atoms with Gasteiger partial charge in [0.25, 0.3) is 0 Å². The first kappa shape index (κ1) is 15.2. The molecular weight excluding hydrogens is 299 g/mol. The molecule has 1 aliphatic rings. The maximum Gasteiger partial charge on any atom is 0.227 e. The number of rotatable bonds is 3. The van der Waals surface area contributed by atoms with Crippen LogP contribution in [-0.4, -0.2) is 38.1 Å². The predicted octanol–water partition coefficient (Wildman–Crippen LogP) is 2.39. The number of carbonyl (C=O) groups excluding carboxylic acids is 1. The zero-order valence-electron chi connectivity index (χ0n) is 11.8. The molecule has 0 bridgehead atoms. The van der Waals surface area contributed by atoms with Crippen molar-refractivity contribution >= 4 is 40.7 Å². The topological polar surface area (TPSA) is 57.3 Å². The zero-order valence-corrected chi connectivity index (χ0v) is 13.3. The van der Waals surface area contributed by atoms with Crippen LogP contribution in [-0.2, 0) is 4.79 Å². The van der Waals surface area contributed by atoms with Gasteiger partial charge in [0.15, 0.2) is 0 Å². The molecule has 2 heterocycles. The second-order valence-electron chi connectivity index (χ2n) is 5.19. The lowest BCUT2D eigenvalue weighted by Crippen LogP contribution is -2.39. The minimum Gasteiger partial charge on any atom is -0.372 e. The van der Waals surface area contributed by atoms with Crippen molar-refractivity contribution in [3.05, 3.63) is 16.1 Å². The lowest BCUT2D eigenvalue weighted by molar-refractivity contribution is -0.128. The lowest BCUT2D eigenvalue weighted by Gasteiger charge is -2.24. The number of pyridine rings is 1.